The summed E-state index contributed by atoms with van der Waals surface area (Å²) in [7, 11) is 4.27. The molecular formula is C19H24ClN3S. The second-order valence-electron chi connectivity index (χ2n) is 6.41. The first-order chi connectivity index (χ1) is 11.6. The van der Waals surface area contributed by atoms with Crippen LogP contribution in [0.2, 0.25) is 5.02 Å². The Morgan fingerprint density at radius 3 is 2.75 bits per heavy atom. The molecule has 1 aromatic heterocycles. The zero-order valence-corrected chi connectivity index (χ0v) is 15.9. The number of nitrogens with zero attached hydrogens (tertiary/aromatic N) is 3. The van der Waals surface area contributed by atoms with Crippen molar-refractivity contribution in [3.8, 4) is 0 Å². The SMILES string of the molecule is CN(C)CCCCCCN1c2cc(Cl)ccc2Sc2cccnc21. The number of anilines is 2. The largest absolute Gasteiger partial charge is 0.324 e. The number of halogens is 1. The molecule has 0 atom stereocenters. The number of aromatic nitrogens is 1. The molecule has 3 nitrogen and oxygen atoms in total. The van der Waals surface area contributed by atoms with Gasteiger partial charge in [0.2, 0.25) is 0 Å². The average molecular weight is 362 g/mol. The third-order valence-corrected chi connectivity index (χ3v) is 5.51. The Hall–Kier alpha value is -1.23. The minimum Gasteiger partial charge on any atom is -0.324 e. The van der Waals surface area contributed by atoms with Gasteiger partial charge in [0.25, 0.3) is 0 Å². The van der Waals surface area contributed by atoms with Crippen LogP contribution < -0.4 is 4.90 Å². The van der Waals surface area contributed by atoms with Crippen LogP contribution in [0, 0.1) is 0 Å². The Morgan fingerprint density at radius 1 is 1.08 bits per heavy atom. The Labute approximate surface area is 154 Å². The molecule has 0 saturated carbocycles. The molecule has 2 heterocycles. The Bertz CT molecular complexity index is 690. The monoisotopic (exact) mass is 361 g/mol. The maximum atomic E-state index is 6.24. The first-order valence-electron chi connectivity index (χ1n) is 8.50. The molecule has 0 spiro atoms. The average Bonchev–Trinajstić information content (AvgIpc) is 2.57. The van der Waals surface area contributed by atoms with Crippen LogP contribution in [0.4, 0.5) is 11.5 Å². The molecule has 128 valence electrons. The normalized spacial score (nSPS) is 13.1. The minimum absolute atomic E-state index is 0.782. The van der Waals surface area contributed by atoms with Gasteiger partial charge in [0.1, 0.15) is 5.82 Å². The topological polar surface area (TPSA) is 19.4 Å². The lowest BCUT2D eigenvalue weighted by atomic mass is 10.1. The smallest absolute Gasteiger partial charge is 0.147 e. The van der Waals surface area contributed by atoms with Gasteiger partial charge in [0.05, 0.1) is 10.6 Å². The summed E-state index contributed by atoms with van der Waals surface area (Å²) < 4.78 is 0. The van der Waals surface area contributed by atoms with E-state index in [0.29, 0.717) is 0 Å². The number of hydrogen-bond acceptors (Lipinski definition) is 4. The molecule has 0 amide bonds. The highest BCUT2D eigenvalue weighted by atomic mass is 35.5. The van der Waals surface area contributed by atoms with E-state index in [2.05, 4.69) is 47.1 Å². The van der Waals surface area contributed by atoms with Crippen LogP contribution >= 0.6 is 23.4 Å². The summed E-state index contributed by atoms with van der Waals surface area (Å²) in [6.07, 6.45) is 6.83. The van der Waals surface area contributed by atoms with Crippen molar-refractivity contribution in [2.45, 2.75) is 35.5 Å². The summed E-state index contributed by atoms with van der Waals surface area (Å²) in [5.41, 5.74) is 1.19. The molecule has 0 bridgehead atoms. The van der Waals surface area contributed by atoms with Gasteiger partial charge in [0.15, 0.2) is 0 Å². The van der Waals surface area contributed by atoms with Gasteiger partial charge in [-0.15, -0.1) is 0 Å². The molecular weight excluding hydrogens is 338 g/mol. The predicted octanol–water partition coefficient (Wildman–Crippen LogP) is 5.46. The number of benzene rings is 1. The molecule has 0 saturated heterocycles. The molecule has 0 aliphatic carbocycles. The summed E-state index contributed by atoms with van der Waals surface area (Å²) in [6, 6.07) is 10.3. The van der Waals surface area contributed by atoms with E-state index in [4.69, 9.17) is 11.6 Å². The fraction of sp³-hybridized carbons (Fsp3) is 0.421. The Balaban J connectivity index is 1.69. The maximum Gasteiger partial charge on any atom is 0.147 e. The summed E-state index contributed by atoms with van der Waals surface area (Å²) in [6.45, 7) is 2.16. The molecule has 3 rings (SSSR count). The summed E-state index contributed by atoms with van der Waals surface area (Å²) in [5, 5.41) is 0.782. The van der Waals surface area contributed by atoms with E-state index >= 15 is 0 Å². The fourth-order valence-electron chi connectivity index (χ4n) is 2.96. The molecule has 1 aromatic carbocycles. The van der Waals surface area contributed by atoms with E-state index < -0.39 is 0 Å². The van der Waals surface area contributed by atoms with Gasteiger partial charge in [-0.3, -0.25) is 0 Å². The number of rotatable bonds is 7. The third-order valence-electron chi connectivity index (χ3n) is 4.18. The zero-order chi connectivity index (χ0) is 16.9. The summed E-state index contributed by atoms with van der Waals surface area (Å²) in [5.74, 6) is 1.06. The number of unbranched alkanes of at least 4 members (excludes halogenated alkanes) is 3. The van der Waals surface area contributed by atoms with Gasteiger partial charge in [-0.1, -0.05) is 36.2 Å². The molecule has 0 radical (unpaired) electrons. The van der Waals surface area contributed by atoms with Crippen LogP contribution in [0.15, 0.2) is 46.3 Å². The molecule has 0 fully saturated rings. The quantitative estimate of drug-likeness (QED) is 0.609. The minimum atomic E-state index is 0.782. The maximum absolute atomic E-state index is 6.24. The summed E-state index contributed by atoms with van der Waals surface area (Å²) in [4.78, 5) is 11.7. The van der Waals surface area contributed by atoms with Crippen molar-refractivity contribution in [1.29, 1.82) is 0 Å². The lowest BCUT2D eigenvalue weighted by Gasteiger charge is -2.31. The highest BCUT2D eigenvalue weighted by molar-refractivity contribution is 7.99. The standard InChI is InChI=1S/C19H24ClN3S/c1-22(2)12-5-3-4-6-13-23-16-14-15(20)9-10-17(16)24-18-8-7-11-21-19(18)23/h7-11,14H,3-6,12-13H2,1-2H3. The van der Waals surface area contributed by atoms with Crippen molar-refractivity contribution in [3.05, 3.63) is 41.6 Å². The number of pyridine rings is 1. The van der Waals surface area contributed by atoms with Crippen molar-refractivity contribution < 1.29 is 0 Å². The van der Waals surface area contributed by atoms with E-state index in [-0.39, 0.29) is 0 Å². The van der Waals surface area contributed by atoms with Crippen LogP contribution in [-0.4, -0.2) is 37.1 Å². The van der Waals surface area contributed by atoms with Crippen molar-refractivity contribution in [2.24, 2.45) is 0 Å². The first kappa shape index (κ1) is 17.6. The van der Waals surface area contributed by atoms with E-state index in [1.165, 1.54) is 47.7 Å². The molecule has 5 heteroatoms. The van der Waals surface area contributed by atoms with Crippen molar-refractivity contribution in [2.75, 3.05) is 32.1 Å². The third kappa shape index (κ3) is 4.24. The van der Waals surface area contributed by atoms with Gasteiger partial charge in [-0.2, -0.15) is 0 Å². The highest BCUT2D eigenvalue weighted by Crippen LogP contribution is 2.47. The number of fused-ring (bicyclic) bond motifs is 2. The highest BCUT2D eigenvalue weighted by Gasteiger charge is 2.24. The summed E-state index contributed by atoms with van der Waals surface area (Å²) >= 11 is 8.02. The van der Waals surface area contributed by atoms with E-state index in [1.54, 1.807) is 11.8 Å². The van der Waals surface area contributed by atoms with Crippen molar-refractivity contribution in [1.82, 2.24) is 9.88 Å². The van der Waals surface area contributed by atoms with Crippen LogP contribution in [0.5, 0.6) is 0 Å². The lowest BCUT2D eigenvalue weighted by Crippen LogP contribution is -2.23. The molecule has 0 unspecified atom stereocenters. The van der Waals surface area contributed by atoms with Gasteiger partial charge < -0.3 is 9.80 Å². The second kappa shape index (κ2) is 8.24. The fourth-order valence-corrected chi connectivity index (χ4v) is 4.18. The molecule has 24 heavy (non-hydrogen) atoms. The van der Waals surface area contributed by atoms with Gasteiger partial charge >= 0.3 is 0 Å². The Morgan fingerprint density at radius 2 is 1.92 bits per heavy atom. The molecule has 1 aliphatic heterocycles. The van der Waals surface area contributed by atoms with E-state index in [1.807, 2.05) is 18.3 Å². The zero-order valence-electron chi connectivity index (χ0n) is 14.3. The Kier molecular flexibility index (Phi) is 6.04. The van der Waals surface area contributed by atoms with Gasteiger partial charge in [-0.25, -0.2) is 4.98 Å². The van der Waals surface area contributed by atoms with E-state index in [9.17, 15) is 0 Å². The number of hydrogen-bond donors (Lipinski definition) is 0. The van der Waals surface area contributed by atoms with Crippen LogP contribution in [-0.2, 0) is 0 Å². The second-order valence-corrected chi connectivity index (χ2v) is 7.93. The molecule has 2 aromatic rings. The van der Waals surface area contributed by atoms with Crippen molar-refractivity contribution in [3.63, 3.8) is 0 Å². The van der Waals surface area contributed by atoms with Crippen LogP contribution in [0.25, 0.3) is 0 Å². The lowest BCUT2D eigenvalue weighted by molar-refractivity contribution is 0.390. The first-order valence-corrected chi connectivity index (χ1v) is 9.69. The predicted molar refractivity (Wildman–Crippen MR) is 104 cm³/mol. The molecule has 0 N–H and O–H groups in total. The van der Waals surface area contributed by atoms with Crippen molar-refractivity contribution >= 4 is 34.9 Å². The van der Waals surface area contributed by atoms with Crippen LogP contribution in [0.3, 0.4) is 0 Å². The van der Waals surface area contributed by atoms with Gasteiger partial charge in [-0.05, 0) is 63.8 Å². The van der Waals surface area contributed by atoms with Gasteiger partial charge in [0, 0.05) is 22.7 Å². The molecule has 1 aliphatic rings. The van der Waals surface area contributed by atoms with E-state index in [0.717, 1.165) is 17.4 Å². The van der Waals surface area contributed by atoms with Crippen LogP contribution in [0.1, 0.15) is 25.7 Å².